The molecule has 2 aliphatic carbocycles. The maximum atomic E-state index is 12.1. The summed E-state index contributed by atoms with van der Waals surface area (Å²) in [6.07, 6.45) is 15.6. The highest BCUT2D eigenvalue weighted by atomic mass is 19.1. The van der Waals surface area contributed by atoms with Gasteiger partial charge < -0.3 is 4.74 Å². The van der Waals surface area contributed by atoms with Crippen molar-refractivity contribution in [3.05, 3.63) is 12.7 Å². The van der Waals surface area contributed by atoms with Crippen molar-refractivity contribution >= 4 is 0 Å². The summed E-state index contributed by atoms with van der Waals surface area (Å²) in [6.45, 7) is 3.78. The first-order valence-corrected chi connectivity index (χ1v) is 8.62. The smallest absolute Gasteiger partial charge is 0.113 e. The highest BCUT2D eigenvalue weighted by molar-refractivity contribution is 4.83. The third-order valence-electron chi connectivity index (χ3n) is 5.49. The lowest BCUT2D eigenvalue weighted by atomic mass is 9.70. The quantitative estimate of drug-likeness (QED) is 0.575. The molecular formula is C18H31FO. The van der Waals surface area contributed by atoms with Crippen molar-refractivity contribution in [2.24, 2.45) is 17.8 Å². The Morgan fingerprint density at radius 1 is 0.950 bits per heavy atom. The van der Waals surface area contributed by atoms with Crippen LogP contribution >= 0.6 is 0 Å². The number of allylic oxidation sites excluding steroid dienone is 1. The predicted molar refractivity (Wildman–Crippen MR) is 82.6 cm³/mol. The standard InChI is InChI=1S/C18H31FO/c1-2-3-4-15-5-7-16(8-6-15)17-9-11-18(12-10-17)20-14-13-19/h2,15-18H,1,3-14H2. The van der Waals surface area contributed by atoms with Crippen molar-refractivity contribution in [1.82, 2.24) is 0 Å². The summed E-state index contributed by atoms with van der Waals surface area (Å²) in [6, 6.07) is 0. The van der Waals surface area contributed by atoms with E-state index in [0.717, 1.165) is 30.6 Å². The molecule has 0 amide bonds. The lowest BCUT2D eigenvalue weighted by Gasteiger charge is -2.37. The van der Waals surface area contributed by atoms with Crippen LogP contribution in [0.4, 0.5) is 4.39 Å². The van der Waals surface area contributed by atoms with Gasteiger partial charge in [0.05, 0.1) is 12.7 Å². The predicted octanol–water partition coefficient (Wildman–Crippen LogP) is 5.30. The molecular weight excluding hydrogens is 251 g/mol. The molecule has 0 aliphatic heterocycles. The van der Waals surface area contributed by atoms with Crippen LogP contribution in [-0.2, 0) is 4.74 Å². The Morgan fingerprint density at radius 2 is 1.55 bits per heavy atom. The first-order chi connectivity index (χ1) is 9.83. The Bertz CT molecular complexity index is 263. The van der Waals surface area contributed by atoms with E-state index in [-0.39, 0.29) is 6.67 Å². The van der Waals surface area contributed by atoms with Crippen LogP contribution in [0.15, 0.2) is 12.7 Å². The summed E-state index contributed by atoms with van der Waals surface area (Å²) in [4.78, 5) is 0. The van der Waals surface area contributed by atoms with Crippen LogP contribution in [0.25, 0.3) is 0 Å². The summed E-state index contributed by atoms with van der Waals surface area (Å²) in [5.41, 5.74) is 0. The van der Waals surface area contributed by atoms with Gasteiger partial charge in [-0.3, -0.25) is 0 Å². The van der Waals surface area contributed by atoms with Crippen LogP contribution < -0.4 is 0 Å². The first kappa shape index (κ1) is 16.0. The van der Waals surface area contributed by atoms with E-state index in [1.54, 1.807) is 0 Å². The van der Waals surface area contributed by atoms with Gasteiger partial charge in [-0.15, -0.1) is 6.58 Å². The summed E-state index contributed by atoms with van der Waals surface area (Å²) in [7, 11) is 0. The zero-order chi connectivity index (χ0) is 14.2. The third-order valence-corrected chi connectivity index (χ3v) is 5.49. The molecule has 0 aromatic heterocycles. The molecule has 0 spiro atoms. The van der Waals surface area contributed by atoms with Crippen molar-refractivity contribution in [2.45, 2.75) is 70.3 Å². The average molecular weight is 282 g/mol. The third kappa shape index (κ3) is 4.87. The van der Waals surface area contributed by atoms with Crippen molar-refractivity contribution in [1.29, 1.82) is 0 Å². The van der Waals surface area contributed by atoms with Gasteiger partial charge in [-0.25, -0.2) is 4.39 Å². The Labute approximate surface area is 124 Å². The molecule has 0 saturated heterocycles. The summed E-state index contributed by atoms with van der Waals surface area (Å²) < 4.78 is 17.7. The van der Waals surface area contributed by atoms with Crippen molar-refractivity contribution in [2.75, 3.05) is 13.3 Å². The minimum atomic E-state index is -0.339. The van der Waals surface area contributed by atoms with Crippen molar-refractivity contribution in [3.8, 4) is 0 Å². The van der Waals surface area contributed by atoms with Crippen LogP contribution in [0, 0.1) is 17.8 Å². The van der Waals surface area contributed by atoms with E-state index in [1.807, 2.05) is 0 Å². The Morgan fingerprint density at radius 3 is 2.10 bits per heavy atom. The van der Waals surface area contributed by atoms with Crippen LogP contribution in [0.3, 0.4) is 0 Å². The number of hydrogen-bond acceptors (Lipinski definition) is 1. The second-order valence-electron chi connectivity index (χ2n) is 6.74. The van der Waals surface area contributed by atoms with Crippen LogP contribution in [0.1, 0.15) is 64.2 Å². The molecule has 2 saturated carbocycles. The van der Waals surface area contributed by atoms with E-state index in [9.17, 15) is 4.39 Å². The zero-order valence-electron chi connectivity index (χ0n) is 12.9. The number of halogens is 1. The summed E-state index contributed by atoms with van der Waals surface area (Å²) in [5, 5.41) is 0. The molecule has 2 rings (SSSR count). The maximum absolute atomic E-state index is 12.1. The van der Waals surface area contributed by atoms with Crippen LogP contribution in [0.2, 0.25) is 0 Å². The van der Waals surface area contributed by atoms with Gasteiger partial charge in [0, 0.05) is 0 Å². The molecule has 116 valence electrons. The SMILES string of the molecule is C=CCCC1CCC(C2CCC(OCCF)CC2)CC1. The normalized spacial score (nSPS) is 34.9. The van der Waals surface area contributed by atoms with Gasteiger partial charge in [-0.2, -0.15) is 0 Å². The number of ether oxygens (including phenoxy) is 1. The van der Waals surface area contributed by atoms with Gasteiger partial charge in [0.25, 0.3) is 0 Å². The molecule has 0 atom stereocenters. The van der Waals surface area contributed by atoms with Crippen LogP contribution in [-0.4, -0.2) is 19.4 Å². The van der Waals surface area contributed by atoms with E-state index >= 15 is 0 Å². The molecule has 0 heterocycles. The average Bonchev–Trinajstić information content (AvgIpc) is 2.52. The molecule has 2 heteroatoms. The van der Waals surface area contributed by atoms with E-state index in [0.29, 0.717) is 12.7 Å². The fourth-order valence-corrected chi connectivity index (χ4v) is 4.24. The molecule has 0 bridgehead atoms. The maximum Gasteiger partial charge on any atom is 0.113 e. The number of alkyl halides is 1. The van der Waals surface area contributed by atoms with E-state index in [1.165, 1.54) is 51.4 Å². The molecule has 1 nitrogen and oxygen atoms in total. The highest BCUT2D eigenvalue weighted by Gasteiger charge is 2.30. The van der Waals surface area contributed by atoms with Gasteiger partial charge in [0.2, 0.25) is 0 Å². The van der Waals surface area contributed by atoms with Crippen molar-refractivity contribution in [3.63, 3.8) is 0 Å². The van der Waals surface area contributed by atoms with Crippen molar-refractivity contribution < 1.29 is 9.13 Å². The monoisotopic (exact) mass is 282 g/mol. The molecule has 20 heavy (non-hydrogen) atoms. The number of rotatable bonds is 7. The second-order valence-corrected chi connectivity index (χ2v) is 6.74. The molecule has 0 radical (unpaired) electrons. The van der Waals surface area contributed by atoms with Gasteiger partial charge in [-0.1, -0.05) is 18.9 Å². The minimum Gasteiger partial charge on any atom is -0.376 e. The molecule has 2 fully saturated rings. The summed E-state index contributed by atoms with van der Waals surface area (Å²) >= 11 is 0. The molecule has 0 aromatic rings. The Hall–Kier alpha value is -0.370. The first-order valence-electron chi connectivity index (χ1n) is 8.62. The number of hydrogen-bond donors (Lipinski definition) is 0. The van der Waals surface area contributed by atoms with Gasteiger partial charge in [0.1, 0.15) is 6.67 Å². The largest absolute Gasteiger partial charge is 0.376 e. The molecule has 2 aliphatic rings. The van der Waals surface area contributed by atoms with Gasteiger partial charge >= 0.3 is 0 Å². The molecule has 0 unspecified atom stereocenters. The fraction of sp³-hybridized carbons (Fsp3) is 0.889. The topological polar surface area (TPSA) is 9.23 Å². The summed E-state index contributed by atoms with van der Waals surface area (Å²) in [5.74, 6) is 2.83. The highest BCUT2D eigenvalue weighted by Crippen LogP contribution is 2.41. The van der Waals surface area contributed by atoms with Crippen LogP contribution in [0.5, 0.6) is 0 Å². The Kier molecular flexibility index (Phi) is 7.06. The fourth-order valence-electron chi connectivity index (χ4n) is 4.24. The van der Waals surface area contributed by atoms with Gasteiger partial charge in [-0.05, 0) is 69.1 Å². The van der Waals surface area contributed by atoms with E-state index in [2.05, 4.69) is 12.7 Å². The molecule has 0 aromatic carbocycles. The second kappa shape index (κ2) is 8.81. The molecule has 0 N–H and O–H groups in total. The minimum absolute atomic E-state index is 0.295. The Balaban J connectivity index is 1.64. The zero-order valence-corrected chi connectivity index (χ0v) is 12.9. The van der Waals surface area contributed by atoms with E-state index < -0.39 is 0 Å². The van der Waals surface area contributed by atoms with Gasteiger partial charge in [0.15, 0.2) is 0 Å². The van der Waals surface area contributed by atoms with E-state index in [4.69, 9.17) is 4.74 Å². The lowest BCUT2D eigenvalue weighted by Crippen LogP contribution is -2.29. The lowest BCUT2D eigenvalue weighted by molar-refractivity contribution is 0.00166.